The molecule has 2 aromatic rings. The third-order valence-corrected chi connectivity index (χ3v) is 7.27. The number of nitrogens with zero attached hydrogens (tertiary/aromatic N) is 3. The summed E-state index contributed by atoms with van der Waals surface area (Å²) in [6, 6.07) is 5.09. The van der Waals surface area contributed by atoms with Gasteiger partial charge in [0.2, 0.25) is 15.9 Å². The van der Waals surface area contributed by atoms with Crippen LogP contribution >= 0.6 is 0 Å². The van der Waals surface area contributed by atoms with Gasteiger partial charge in [0, 0.05) is 25.5 Å². The predicted octanol–water partition coefficient (Wildman–Crippen LogP) is 1.02. The van der Waals surface area contributed by atoms with Gasteiger partial charge in [-0.3, -0.25) is 4.79 Å². The maximum Gasteiger partial charge on any atom is 0.243 e. The molecular formula is C19H24N4O4S. The molecule has 1 N–H and O–H groups in total. The molecule has 1 aliphatic heterocycles. The highest BCUT2D eigenvalue weighted by Gasteiger charge is 2.30. The maximum atomic E-state index is 12.9. The van der Waals surface area contributed by atoms with Crippen molar-refractivity contribution in [3.05, 3.63) is 47.5 Å². The number of hydrogen-bond acceptors (Lipinski definition) is 5. The van der Waals surface area contributed by atoms with Crippen LogP contribution in [0, 0.1) is 6.92 Å². The summed E-state index contributed by atoms with van der Waals surface area (Å²) in [5, 5.41) is 3.04. The summed E-state index contributed by atoms with van der Waals surface area (Å²) in [4.78, 5) is 16.9. The molecule has 4 rings (SSSR count). The molecular weight excluding hydrogens is 380 g/mol. The number of ether oxygens (including phenoxy) is 1. The van der Waals surface area contributed by atoms with Crippen LogP contribution in [0.5, 0.6) is 0 Å². The maximum absolute atomic E-state index is 12.9. The fourth-order valence-electron chi connectivity index (χ4n) is 3.79. The number of rotatable bonds is 5. The van der Waals surface area contributed by atoms with E-state index in [2.05, 4.69) is 10.3 Å². The van der Waals surface area contributed by atoms with E-state index in [9.17, 15) is 13.2 Å². The first-order valence-electron chi connectivity index (χ1n) is 9.43. The molecule has 0 radical (unpaired) electrons. The molecule has 150 valence electrons. The van der Waals surface area contributed by atoms with Crippen molar-refractivity contribution in [1.82, 2.24) is 19.2 Å². The van der Waals surface area contributed by atoms with Crippen molar-refractivity contribution in [3.8, 4) is 0 Å². The number of carbonyl (C=O) groups is 1. The Morgan fingerprint density at radius 3 is 2.82 bits per heavy atom. The number of hydrogen-bond donors (Lipinski definition) is 1. The number of imidazole rings is 1. The van der Waals surface area contributed by atoms with E-state index >= 15 is 0 Å². The standard InChI is InChI=1S/C19H24N4O4S/c1-14-20-6-7-22(14)13-19(24)21-18-5-3-15-2-4-16(12-17(15)18)28(25,26)23-8-10-27-11-9-23/h2,4,6-7,12,18H,3,5,8-11,13H2,1H3,(H,21,24)/t18-/m1/s1. The topological polar surface area (TPSA) is 93.5 Å². The van der Waals surface area contributed by atoms with Crippen molar-refractivity contribution >= 4 is 15.9 Å². The van der Waals surface area contributed by atoms with Crippen molar-refractivity contribution in [2.24, 2.45) is 0 Å². The lowest BCUT2D eigenvalue weighted by molar-refractivity contribution is -0.122. The Kier molecular flexibility index (Phi) is 5.22. The number of amides is 1. The molecule has 0 bridgehead atoms. The second-order valence-electron chi connectivity index (χ2n) is 7.14. The van der Waals surface area contributed by atoms with E-state index in [-0.39, 0.29) is 23.4 Å². The van der Waals surface area contributed by atoms with E-state index in [1.165, 1.54) is 4.31 Å². The molecule has 1 fully saturated rings. The van der Waals surface area contributed by atoms with Crippen LogP contribution in [0.1, 0.15) is 29.4 Å². The van der Waals surface area contributed by atoms with E-state index in [1.807, 2.05) is 13.0 Å². The zero-order valence-corrected chi connectivity index (χ0v) is 16.6. The third-order valence-electron chi connectivity index (χ3n) is 5.38. The normalized spacial score (nSPS) is 20.1. The SMILES string of the molecule is Cc1nccn1CC(=O)N[C@@H]1CCc2ccc(S(=O)(=O)N3CCOCC3)cc21. The molecule has 0 spiro atoms. The first-order valence-corrected chi connectivity index (χ1v) is 10.9. The molecule has 8 nitrogen and oxygen atoms in total. The Labute approximate surface area is 164 Å². The number of fused-ring (bicyclic) bond motifs is 1. The smallest absolute Gasteiger partial charge is 0.243 e. The quantitative estimate of drug-likeness (QED) is 0.803. The molecule has 28 heavy (non-hydrogen) atoms. The molecule has 1 amide bonds. The van der Waals surface area contributed by atoms with Crippen molar-refractivity contribution in [2.45, 2.75) is 37.2 Å². The van der Waals surface area contributed by atoms with Gasteiger partial charge in [-0.1, -0.05) is 6.07 Å². The minimum atomic E-state index is -3.55. The van der Waals surface area contributed by atoms with Crippen molar-refractivity contribution in [3.63, 3.8) is 0 Å². The van der Waals surface area contributed by atoms with Crippen LogP contribution in [0.15, 0.2) is 35.5 Å². The highest BCUT2D eigenvalue weighted by molar-refractivity contribution is 7.89. The Bertz CT molecular complexity index is 980. The number of carbonyl (C=O) groups excluding carboxylic acids is 1. The fourth-order valence-corrected chi connectivity index (χ4v) is 5.24. The third kappa shape index (κ3) is 3.69. The Morgan fingerprint density at radius 1 is 1.32 bits per heavy atom. The Morgan fingerprint density at radius 2 is 2.11 bits per heavy atom. The first kappa shape index (κ1) is 19.1. The monoisotopic (exact) mass is 404 g/mol. The molecule has 2 heterocycles. The molecule has 0 unspecified atom stereocenters. The Balaban J connectivity index is 1.52. The summed E-state index contributed by atoms with van der Waals surface area (Å²) >= 11 is 0. The first-order chi connectivity index (χ1) is 13.4. The van der Waals surface area contributed by atoms with Gasteiger partial charge in [0.25, 0.3) is 0 Å². The Hall–Kier alpha value is -2.23. The van der Waals surface area contributed by atoms with Gasteiger partial charge in [0.05, 0.1) is 24.2 Å². The summed E-state index contributed by atoms with van der Waals surface area (Å²) < 4.78 is 34.4. The zero-order valence-electron chi connectivity index (χ0n) is 15.8. The van der Waals surface area contributed by atoms with Crippen LogP contribution in [0.4, 0.5) is 0 Å². The van der Waals surface area contributed by atoms with Crippen LogP contribution in [-0.4, -0.2) is 54.5 Å². The number of aromatic nitrogens is 2. The fraction of sp³-hybridized carbons (Fsp3) is 0.474. The van der Waals surface area contributed by atoms with E-state index in [0.29, 0.717) is 26.3 Å². The minimum absolute atomic E-state index is 0.111. The number of benzene rings is 1. The number of sulfonamides is 1. The second-order valence-corrected chi connectivity index (χ2v) is 9.08. The van der Waals surface area contributed by atoms with Gasteiger partial charge in [-0.05, 0) is 43.0 Å². The van der Waals surface area contributed by atoms with Gasteiger partial charge in [-0.2, -0.15) is 4.31 Å². The molecule has 2 aliphatic rings. The molecule has 1 atom stereocenters. The van der Waals surface area contributed by atoms with E-state index < -0.39 is 10.0 Å². The van der Waals surface area contributed by atoms with Gasteiger partial charge in [-0.15, -0.1) is 0 Å². The summed E-state index contributed by atoms with van der Waals surface area (Å²) in [6.07, 6.45) is 5.02. The average molecular weight is 404 g/mol. The zero-order chi connectivity index (χ0) is 19.7. The second kappa shape index (κ2) is 7.65. The van der Waals surface area contributed by atoms with Crippen molar-refractivity contribution in [2.75, 3.05) is 26.3 Å². The molecule has 0 saturated carbocycles. The summed E-state index contributed by atoms with van der Waals surface area (Å²) in [5.74, 6) is 0.668. The van der Waals surface area contributed by atoms with Crippen LogP contribution in [0.3, 0.4) is 0 Å². The van der Waals surface area contributed by atoms with Gasteiger partial charge in [0.1, 0.15) is 12.4 Å². The average Bonchev–Trinajstić information content (AvgIpc) is 3.28. The number of nitrogens with one attached hydrogen (secondary N) is 1. The predicted molar refractivity (Wildman–Crippen MR) is 102 cm³/mol. The van der Waals surface area contributed by atoms with E-state index in [1.54, 1.807) is 29.1 Å². The van der Waals surface area contributed by atoms with Crippen molar-refractivity contribution in [1.29, 1.82) is 0 Å². The number of morpholine rings is 1. The lowest BCUT2D eigenvalue weighted by atomic mass is 10.1. The van der Waals surface area contributed by atoms with Crippen molar-refractivity contribution < 1.29 is 17.9 Å². The largest absolute Gasteiger partial charge is 0.379 e. The summed E-state index contributed by atoms with van der Waals surface area (Å²) in [7, 11) is -3.55. The van der Waals surface area contributed by atoms with E-state index in [0.717, 1.165) is 29.8 Å². The highest BCUT2D eigenvalue weighted by Crippen LogP contribution is 2.33. The van der Waals surface area contributed by atoms with Crippen LogP contribution in [-0.2, 0) is 32.5 Å². The minimum Gasteiger partial charge on any atom is -0.379 e. The lowest BCUT2D eigenvalue weighted by Crippen LogP contribution is -2.40. The van der Waals surface area contributed by atoms with Gasteiger partial charge in [0.15, 0.2) is 0 Å². The highest BCUT2D eigenvalue weighted by atomic mass is 32.2. The van der Waals surface area contributed by atoms with Gasteiger partial charge < -0.3 is 14.6 Å². The van der Waals surface area contributed by atoms with Crippen LogP contribution < -0.4 is 5.32 Å². The molecule has 1 aliphatic carbocycles. The molecule has 1 aromatic heterocycles. The van der Waals surface area contributed by atoms with Gasteiger partial charge in [-0.25, -0.2) is 13.4 Å². The van der Waals surface area contributed by atoms with E-state index in [4.69, 9.17) is 4.74 Å². The van der Waals surface area contributed by atoms with Crippen LogP contribution in [0.25, 0.3) is 0 Å². The molecule has 1 saturated heterocycles. The lowest BCUT2D eigenvalue weighted by Gasteiger charge is -2.26. The van der Waals surface area contributed by atoms with Gasteiger partial charge >= 0.3 is 0 Å². The molecule has 9 heteroatoms. The summed E-state index contributed by atoms with van der Waals surface area (Å²) in [6.45, 7) is 3.60. The summed E-state index contributed by atoms with van der Waals surface area (Å²) in [5.41, 5.74) is 1.98. The van der Waals surface area contributed by atoms with Crippen LogP contribution in [0.2, 0.25) is 0 Å². The molecule has 1 aromatic carbocycles. The number of aryl methyl sites for hydroxylation is 2.